The second-order valence-corrected chi connectivity index (χ2v) is 5.35. The molecule has 3 heterocycles. The van der Waals surface area contributed by atoms with E-state index in [0.717, 1.165) is 31.9 Å². The lowest BCUT2D eigenvalue weighted by Gasteiger charge is -2.32. The Bertz CT molecular complexity index is 564. The molecule has 1 fully saturated rings. The van der Waals surface area contributed by atoms with Crippen LogP contribution in [-0.2, 0) is 18.3 Å². The lowest BCUT2D eigenvalue weighted by Crippen LogP contribution is -2.38. The van der Waals surface area contributed by atoms with Gasteiger partial charge < -0.3 is 9.30 Å². The number of aromatic nitrogens is 3. The molecule has 0 spiro atoms. The first-order chi connectivity index (χ1) is 9.72. The molecule has 2 aromatic heterocycles. The Balaban J connectivity index is 1.67. The Morgan fingerprint density at radius 3 is 2.95 bits per heavy atom. The molecule has 5 nitrogen and oxygen atoms in total. The third-order valence-electron chi connectivity index (χ3n) is 3.72. The third kappa shape index (κ3) is 2.89. The summed E-state index contributed by atoms with van der Waals surface area (Å²) in [7, 11) is 2.03. The van der Waals surface area contributed by atoms with Crippen molar-refractivity contribution in [1.29, 1.82) is 0 Å². The van der Waals surface area contributed by atoms with Gasteiger partial charge in [0, 0.05) is 39.1 Å². The average Bonchev–Trinajstić information content (AvgIpc) is 2.85. The minimum absolute atomic E-state index is 0.0672. The summed E-state index contributed by atoms with van der Waals surface area (Å²) in [5.74, 6) is 0. The van der Waals surface area contributed by atoms with Gasteiger partial charge in [0.25, 0.3) is 0 Å². The standard InChI is InChI=1S/C15H20N4O/c1-12-3-4-14(17-7-12)15-10-19(5-6-20-15)9-13-8-16-11-18(13)2/h3-4,7-8,11,15H,5-6,9-10H2,1-2H3. The maximum atomic E-state index is 5.86. The summed E-state index contributed by atoms with van der Waals surface area (Å²) in [5.41, 5.74) is 3.42. The molecule has 20 heavy (non-hydrogen) atoms. The number of morpholine rings is 1. The highest BCUT2D eigenvalue weighted by atomic mass is 16.5. The van der Waals surface area contributed by atoms with E-state index in [1.165, 1.54) is 11.3 Å². The Labute approximate surface area is 119 Å². The van der Waals surface area contributed by atoms with Gasteiger partial charge in [0.1, 0.15) is 6.10 Å². The normalized spacial score (nSPS) is 20.2. The maximum absolute atomic E-state index is 5.86. The highest BCUT2D eigenvalue weighted by Gasteiger charge is 2.23. The molecule has 1 saturated heterocycles. The molecule has 1 unspecified atom stereocenters. The maximum Gasteiger partial charge on any atom is 0.112 e. The summed E-state index contributed by atoms with van der Waals surface area (Å²) in [5, 5.41) is 0. The quantitative estimate of drug-likeness (QED) is 0.853. The summed E-state index contributed by atoms with van der Waals surface area (Å²) in [4.78, 5) is 11.0. The Morgan fingerprint density at radius 2 is 2.25 bits per heavy atom. The van der Waals surface area contributed by atoms with Crippen LogP contribution in [0, 0.1) is 6.92 Å². The number of nitrogens with zero attached hydrogens (tertiary/aromatic N) is 4. The number of hydrogen-bond donors (Lipinski definition) is 0. The highest BCUT2D eigenvalue weighted by molar-refractivity contribution is 5.15. The van der Waals surface area contributed by atoms with Crippen molar-refractivity contribution < 1.29 is 4.74 Å². The van der Waals surface area contributed by atoms with Crippen molar-refractivity contribution in [1.82, 2.24) is 19.4 Å². The minimum Gasteiger partial charge on any atom is -0.369 e. The molecule has 0 N–H and O–H groups in total. The summed E-state index contributed by atoms with van der Waals surface area (Å²) < 4.78 is 7.92. The summed E-state index contributed by atoms with van der Waals surface area (Å²) in [6.45, 7) is 5.53. The van der Waals surface area contributed by atoms with Crippen LogP contribution in [0.25, 0.3) is 0 Å². The largest absolute Gasteiger partial charge is 0.369 e. The van der Waals surface area contributed by atoms with Crippen LogP contribution in [0.4, 0.5) is 0 Å². The lowest BCUT2D eigenvalue weighted by atomic mass is 10.1. The predicted molar refractivity (Wildman–Crippen MR) is 76.2 cm³/mol. The van der Waals surface area contributed by atoms with Crippen LogP contribution in [0.5, 0.6) is 0 Å². The van der Waals surface area contributed by atoms with E-state index in [9.17, 15) is 0 Å². The fraction of sp³-hybridized carbons (Fsp3) is 0.467. The predicted octanol–water partition coefficient (Wildman–Crippen LogP) is 1.70. The third-order valence-corrected chi connectivity index (χ3v) is 3.72. The molecule has 5 heteroatoms. The number of imidazole rings is 1. The molecule has 0 radical (unpaired) electrons. The first-order valence-corrected chi connectivity index (χ1v) is 6.94. The van der Waals surface area contributed by atoms with Crippen molar-refractivity contribution >= 4 is 0 Å². The Kier molecular flexibility index (Phi) is 3.80. The van der Waals surface area contributed by atoms with Crippen molar-refractivity contribution in [3.05, 3.63) is 47.8 Å². The number of hydrogen-bond acceptors (Lipinski definition) is 4. The van der Waals surface area contributed by atoms with E-state index in [0.29, 0.717) is 0 Å². The molecule has 0 bridgehead atoms. The Hall–Kier alpha value is -1.72. The van der Waals surface area contributed by atoms with Crippen LogP contribution in [-0.4, -0.2) is 39.1 Å². The number of rotatable bonds is 3. The average molecular weight is 272 g/mol. The molecule has 1 atom stereocenters. The monoisotopic (exact) mass is 272 g/mol. The first kappa shape index (κ1) is 13.3. The van der Waals surface area contributed by atoms with Crippen molar-refractivity contribution in [3.63, 3.8) is 0 Å². The van der Waals surface area contributed by atoms with E-state index >= 15 is 0 Å². The van der Waals surface area contributed by atoms with Crippen LogP contribution in [0.3, 0.4) is 0 Å². The van der Waals surface area contributed by atoms with Crippen LogP contribution >= 0.6 is 0 Å². The van der Waals surface area contributed by atoms with E-state index in [2.05, 4.69) is 31.6 Å². The summed E-state index contributed by atoms with van der Waals surface area (Å²) in [6.07, 6.45) is 5.74. The molecular formula is C15H20N4O. The van der Waals surface area contributed by atoms with Gasteiger partial charge in [0.15, 0.2) is 0 Å². The van der Waals surface area contributed by atoms with Crippen LogP contribution < -0.4 is 0 Å². The molecule has 0 amide bonds. The zero-order valence-electron chi connectivity index (χ0n) is 12.0. The molecule has 2 aromatic rings. The van der Waals surface area contributed by atoms with Gasteiger partial charge >= 0.3 is 0 Å². The van der Waals surface area contributed by atoms with Crippen LogP contribution in [0.2, 0.25) is 0 Å². The van der Waals surface area contributed by atoms with E-state index < -0.39 is 0 Å². The zero-order chi connectivity index (χ0) is 13.9. The van der Waals surface area contributed by atoms with E-state index in [-0.39, 0.29) is 6.10 Å². The SMILES string of the molecule is Cc1ccc(C2CN(Cc3cncn3C)CCO2)nc1. The number of aryl methyl sites for hydroxylation is 2. The van der Waals surface area contributed by atoms with E-state index in [1.54, 1.807) is 0 Å². The van der Waals surface area contributed by atoms with Gasteiger partial charge in [-0.1, -0.05) is 6.07 Å². The van der Waals surface area contributed by atoms with E-state index in [1.807, 2.05) is 32.7 Å². The second-order valence-electron chi connectivity index (χ2n) is 5.35. The van der Waals surface area contributed by atoms with Crippen LogP contribution in [0.1, 0.15) is 23.1 Å². The highest BCUT2D eigenvalue weighted by Crippen LogP contribution is 2.21. The van der Waals surface area contributed by atoms with Gasteiger partial charge in [-0.2, -0.15) is 0 Å². The number of pyridine rings is 1. The zero-order valence-corrected chi connectivity index (χ0v) is 12.0. The summed E-state index contributed by atoms with van der Waals surface area (Å²) >= 11 is 0. The summed E-state index contributed by atoms with van der Waals surface area (Å²) in [6, 6.07) is 4.15. The Morgan fingerprint density at radius 1 is 1.35 bits per heavy atom. The molecule has 0 aromatic carbocycles. The fourth-order valence-electron chi connectivity index (χ4n) is 2.46. The minimum atomic E-state index is 0.0672. The van der Waals surface area contributed by atoms with Gasteiger partial charge in [-0.05, 0) is 18.6 Å². The lowest BCUT2D eigenvalue weighted by molar-refractivity contribution is -0.0355. The van der Waals surface area contributed by atoms with Crippen molar-refractivity contribution in [2.75, 3.05) is 19.7 Å². The molecule has 106 valence electrons. The van der Waals surface area contributed by atoms with Gasteiger partial charge in [0.05, 0.1) is 24.3 Å². The van der Waals surface area contributed by atoms with Gasteiger partial charge in [-0.25, -0.2) is 4.98 Å². The van der Waals surface area contributed by atoms with Crippen molar-refractivity contribution in [2.45, 2.75) is 19.6 Å². The molecule has 3 rings (SSSR count). The fourth-order valence-corrected chi connectivity index (χ4v) is 2.46. The smallest absolute Gasteiger partial charge is 0.112 e. The topological polar surface area (TPSA) is 43.2 Å². The molecule has 1 aliphatic heterocycles. The van der Waals surface area contributed by atoms with E-state index in [4.69, 9.17) is 4.74 Å². The molecule has 1 aliphatic rings. The van der Waals surface area contributed by atoms with Crippen LogP contribution in [0.15, 0.2) is 30.9 Å². The van der Waals surface area contributed by atoms with Crippen molar-refractivity contribution in [2.24, 2.45) is 7.05 Å². The molecular weight excluding hydrogens is 252 g/mol. The molecule has 0 saturated carbocycles. The van der Waals surface area contributed by atoms with Gasteiger partial charge in [-0.15, -0.1) is 0 Å². The number of ether oxygens (including phenoxy) is 1. The van der Waals surface area contributed by atoms with Gasteiger partial charge in [-0.3, -0.25) is 9.88 Å². The van der Waals surface area contributed by atoms with Gasteiger partial charge in [0.2, 0.25) is 0 Å². The second kappa shape index (κ2) is 5.73. The van der Waals surface area contributed by atoms with Crippen molar-refractivity contribution in [3.8, 4) is 0 Å². The first-order valence-electron chi connectivity index (χ1n) is 6.94. The molecule has 0 aliphatic carbocycles.